The number of rotatable bonds is 4. The minimum absolute atomic E-state index is 0.603. The molecule has 108 valence electrons. The first kappa shape index (κ1) is 14.5. The van der Waals surface area contributed by atoms with E-state index in [1.54, 1.807) is 0 Å². The van der Waals surface area contributed by atoms with Gasteiger partial charge in [0.15, 0.2) is 0 Å². The zero-order valence-corrected chi connectivity index (χ0v) is 12.8. The van der Waals surface area contributed by atoms with E-state index in [4.69, 9.17) is 0 Å². The third-order valence-electron chi connectivity index (χ3n) is 4.22. The lowest BCUT2D eigenvalue weighted by Crippen LogP contribution is -2.42. The van der Waals surface area contributed by atoms with Gasteiger partial charge in [0.2, 0.25) is 0 Å². The summed E-state index contributed by atoms with van der Waals surface area (Å²) in [5.41, 5.74) is 1.33. The molecule has 2 unspecified atom stereocenters. The Bertz CT molecular complexity index is 385. The SMILES string of the molecule is CCn1cc(CN2CC(C(C)C)NCCC2C)cn1. The van der Waals surface area contributed by atoms with Crippen molar-refractivity contribution < 1.29 is 0 Å². The zero-order valence-electron chi connectivity index (χ0n) is 12.8. The van der Waals surface area contributed by atoms with E-state index in [1.807, 2.05) is 10.9 Å². The highest BCUT2D eigenvalue weighted by molar-refractivity contribution is 5.04. The maximum absolute atomic E-state index is 4.38. The van der Waals surface area contributed by atoms with Gasteiger partial charge in [-0.2, -0.15) is 5.10 Å². The predicted molar refractivity (Wildman–Crippen MR) is 79.0 cm³/mol. The summed E-state index contributed by atoms with van der Waals surface area (Å²) < 4.78 is 2.01. The molecule has 4 nitrogen and oxygen atoms in total. The number of aromatic nitrogens is 2. The first-order chi connectivity index (χ1) is 9.10. The van der Waals surface area contributed by atoms with Crippen molar-refractivity contribution in [2.45, 2.75) is 59.3 Å². The summed E-state index contributed by atoms with van der Waals surface area (Å²) in [6.45, 7) is 13.3. The second-order valence-electron chi connectivity index (χ2n) is 6.08. The predicted octanol–water partition coefficient (Wildman–Crippen LogP) is 2.11. The molecule has 0 aliphatic carbocycles. The molecular weight excluding hydrogens is 236 g/mol. The second-order valence-corrected chi connectivity index (χ2v) is 6.08. The van der Waals surface area contributed by atoms with Gasteiger partial charge >= 0.3 is 0 Å². The number of hydrogen-bond acceptors (Lipinski definition) is 3. The van der Waals surface area contributed by atoms with Crippen LogP contribution in [0.1, 0.15) is 39.7 Å². The fraction of sp³-hybridized carbons (Fsp3) is 0.800. The van der Waals surface area contributed by atoms with Crippen LogP contribution in [0.3, 0.4) is 0 Å². The van der Waals surface area contributed by atoms with Crippen LogP contribution in [0.25, 0.3) is 0 Å². The minimum Gasteiger partial charge on any atom is -0.312 e. The summed E-state index contributed by atoms with van der Waals surface area (Å²) in [4.78, 5) is 2.60. The van der Waals surface area contributed by atoms with Crippen molar-refractivity contribution in [2.75, 3.05) is 13.1 Å². The van der Waals surface area contributed by atoms with E-state index in [2.05, 4.69) is 49.2 Å². The van der Waals surface area contributed by atoms with Gasteiger partial charge in [-0.15, -0.1) is 0 Å². The van der Waals surface area contributed by atoms with Crippen LogP contribution >= 0.6 is 0 Å². The van der Waals surface area contributed by atoms with Crippen LogP contribution in [-0.2, 0) is 13.1 Å². The lowest BCUT2D eigenvalue weighted by molar-refractivity contribution is 0.184. The molecule has 0 aromatic carbocycles. The molecule has 1 aromatic rings. The summed E-state index contributed by atoms with van der Waals surface area (Å²) in [5, 5.41) is 8.06. The standard InChI is InChI=1S/C15H28N4/c1-5-19-10-14(8-17-19)9-18-11-15(12(2)3)16-7-6-13(18)4/h8,10,12-13,15-16H,5-7,9,11H2,1-4H3. The van der Waals surface area contributed by atoms with Crippen LogP contribution in [0.5, 0.6) is 0 Å². The minimum atomic E-state index is 0.603. The van der Waals surface area contributed by atoms with Gasteiger partial charge in [-0.25, -0.2) is 0 Å². The Labute approximate surface area is 117 Å². The van der Waals surface area contributed by atoms with Crippen molar-refractivity contribution in [3.05, 3.63) is 18.0 Å². The highest BCUT2D eigenvalue weighted by Gasteiger charge is 2.24. The van der Waals surface area contributed by atoms with Crippen LogP contribution in [0, 0.1) is 5.92 Å². The number of aryl methyl sites for hydroxylation is 1. The van der Waals surface area contributed by atoms with Gasteiger partial charge in [-0.1, -0.05) is 13.8 Å². The molecule has 2 heterocycles. The highest BCUT2D eigenvalue weighted by atomic mass is 15.3. The lowest BCUT2D eigenvalue weighted by atomic mass is 10.0. The smallest absolute Gasteiger partial charge is 0.0534 e. The van der Waals surface area contributed by atoms with Gasteiger partial charge in [0, 0.05) is 43.5 Å². The molecule has 4 heteroatoms. The quantitative estimate of drug-likeness (QED) is 0.904. The fourth-order valence-corrected chi connectivity index (χ4v) is 2.72. The van der Waals surface area contributed by atoms with E-state index < -0.39 is 0 Å². The first-order valence-electron chi connectivity index (χ1n) is 7.59. The summed E-state index contributed by atoms with van der Waals surface area (Å²) in [5.74, 6) is 0.686. The molecule has 0 saturated carbocycles. The molecule has 0 amide bonds. The fourth-order valence-electron chi connectivity index (χ4n) is 2.72. The molecule has 2 atom stereocenters. The Morgan fingerprint density at radius 3 is 2.89 bits per heavy atom. The van der Waals surface area contributed by atoms with Gasteiger partial charge in [-0.05, 0) is 32.7 Å². The van der Waals surface area contributed by atoms with E-state index in [9.17, 15) is 0 Å². The van der Waals surface area contributed by atoms with Gasteiger partial charge in [0.25, 0.3) is 0 Å². The van der Waals surface area contributed by atoms with Crippen molar-refractivity contribution in [2.24, 2.45) is 5.92 Å². The molecule has 0 spiro atoms. The monoisotopic (exact) mass is 264 g/mol. The Balaban J connectivity index is 2.02. The van der Waals surface area contributed by atoms with E-state index in [0.29, 0.717) is 18.0 Å². The van der Waals surface area contributed by atoms with Gasteiger partial charge in [-0.3, -0.25) is 9.58 Å². The Hall–Kier alpha value is -0.870. The van der Waals surface area contributed by atoms with Crippen LogP contribution < -0.4 is 5.32 Å². The zero-order chi connectivity index (χ0) is 13.8. The third kappa shape index (κ3) is 3.80. The van der Waals surface area contributed by atoms with Crippen molar-refractivity contribution >= 4 is 0 Å². The molecule has 1 fully saturated rings. The Morgan fingerprint density at radius 1 is 1.47 bits per heavy atom. The Morgan fingerprint density at radius 2 is 2.26 bits per heavy atom. The highest BCUT2D eigenvalue weighted by Crippen LogP contribution is 2.16. The molecule has 1 aliphatic rings. The van der Waals surface area contributed by atoms with Crippen LogP contribution in [0.2, 0.25) is 0 Å². The largest absolute Gasteiger partial charge is 0.312 e. The molecule has 1 aliphatic heterocycles. The van der Waals surface area contributed by atoms with E-state index in [0.717, 1.165) is 26.2 Å². The second kappa shape index (κ2) is 6.53. The van der Waals surface area contributed by atoms with E-state index in [-0.39, 0.29) is 0 Å². The summed E-state index contributed by atoms with van der Waals surface area (Å²) >= 11 is 0. The number of hydrogen-bond donors (Lipinski definition) is 1. The maximum Gasteiger partial charge on any atom is 0.0534 e. The molecule has 1 N–H and O–H groups in total. The van der Waals surface area contributed by atoms with Gasteiger partial charge in [0.1, 0.15) is 0 Å². The average Bonchev–Trinajstić information content (AvgIpc) is 2.75. The van der Waals surface area contributed by atoms with Gasteiger partial charge < -0.3 is 5.32 Å². The molecule has 19 heavy (non-hydrogen) atoms. The third-order valence-corrected chi connectivity index (χ3v) is 4.22. The molecule has 0 bridgehead atoms. The maximum atomic E-state index is 4.38. The number of nitrogens with one attached hydrogen (secondary N) is 1. The first-order valence-corrected chi connectivity index (χ1v) is 7.59. The van der Waals surface area contributed by atoms with Gasteiger partial charge in [0.05, 0.1) is 6.20 Å². The molecular formula is C15H28N4. The van der Waals surface area contributed by atoms with E-state index >= 15 is 0 Å². The molecule has 2 rings (SSSR count). The van der Waals surface area contributed by atoms with Crippen LogP contribution in [0.15, 0.2) is 12.4 Å². The van der Waals surface area contributed by atoms with Crippen molar-refractivity contribution in [3.8, 4) is 0 Å². The number of nitrogens with zero attached hydrogens (tertiary/aromatic N) is 3. The summed E-state index contributed by atoms with van der Waals surface area (Å²) in [6, 6.07) is 1.24. The normalized spacial score (nSPS) is 25.7. The van der Waals surface area contributed by atoms with Crippen LogP contribution in [0.4, 0.5) is 0 Å². The van der Waals surface area contributed by atoms with E-state index in [1.165, 1.54) is 12.0 Å². The summed E-state index contributed by atoms with van der Waals surface area (Å²) in [6.07, 6.45) is 5.42. The van der Waals surface area contributed by atoms with Crippen LogP contribution in [-0.4, -0.2) is 39.9 Å². The Kier molecular flexibility index (Phi) is 4.99. The topological polar surface area (TPSA) is 33.1 Å². The molecule has 0 radical (unpaired) electrons. The summed E-state index contributed by atoms with van der Waals surface area (Å²) in [7, 11) is 0. The van der Waals surface area contributed by atoms with Crippen molar-refractivity contribution in [1.29, 1.82) is 0 Å². The lowest BCUT2D eigenvalue weighted by Gasteiger charge is -2.30. The molecule has 1 saturated heterocycles. The average molecular weight is 264 g/mol. The van der Waals surface area contributed by atoms with Crippen molar-refractivity contribution in [1.82, 2.24) is 20.0 Å². The van der Waals surface area contributed by atoms with Crippen molar-refractivity contribution in [3.63, 3.8) is 0 Å². The molecule has 1 aromatic heterocycles.